The van der Waals surface area contributed by atoms with E-state index in [1.807, 2.05) is 0 Å². The van der Waals surface area contributed by atoms with Crippen LogP contribution in [0.25, 0.3) is 0 Å². The zero-order valence-corrected chi connectivity index (χ0v) is 25.4. The van der Waals surface area contributed by atoms with Gasteiger partial charge in [-0.05, 0) is 43.0 Å². The number of benzene rings is 1. The third kappa shape index (κ3) is 19.5. The summed E-state index contributed by atoms with van der Waals surface area (Å²) in [6.45, 7) is 5.04. The van der Waals surface area contributed by atoms with Gasteiger partial charge in [-0.1, -0.05) is 155 Å². The molecule has 3 heteroatoms. The second-order valence-corrected chi connectivity index (χ2v) is 11.5. The summed E-state index contributed by atoms with van der Waals surface area (Å²) < 4.78 is 5.59. The quantitative estimate of drug-likeness (QED) is 0.0908. The van der Waals surface area contributed by atoms with Gasteiger partial charge in [-0.2, -0.15) is 0 Å². The van der Waals surface area contributed by atoms with E-state index in [4.69, 9.17) is 4.74 Å². The highest BCUT2D eigenvalue weighted by Gasteiger charge is 2.13. The van der Waals surface area contributed by atoms with Crippen LogP contribution >= 0.6 is 0 Å². The second kappa shape index (κ2) is 25.8. The van der Waals surface area contributed by atoms with Crippen LogP contribution < -0.4 is 0 Å². The summed E-state index contributed by atoms with van der Waals surface area (Å²) in [5, 5.41) is 9.96. The lowest BCUT2D eigenvalue weighted by molar-refractivity contribution is 0.0496. The largest absolute Gasteiger partial charge is 0.508 e. The number of carbonyl (C=O) groups is 1. The molecule has 0 bridgehead atoms. The fourth-order valence-corrected chi connectivity index (χ4v) is 5.33. The van der Waals surface area contributed by atoms with Crippen molar-refractivity contribution in [3.8, 4) is 5.75 Å². The van der Waals surface area contributed by atoms with Gasteiger partial charge in [0.05, 0.1) is 12.2 Å². The Morgan fingerprint density at radius 2 is 0.974 bits per heavy atom. The van der Waals surface area contributed by atoms with Crippen LogP contribution in [-0.4, -0.2) is 17.7 Å². The highest BCUT2D eigenvalue weighted by molar-refractivity contribution is 5.91. The first kappa shape index (κ1) is 34.5. The van der Waals surface area contributed by atoms with E-state index in [-0.39, 0.29) is 11.7 Å². The topological polar surface area (TPSA) is 46.5 Å². The lowest BCUT2D eigenvalue weighted by Gasteiger charge is -2.11. The Kier molecular flexibility index (Phi) is 23.4. The fourth-order valence-electron chi connectivity index (χ4n) is 5.33. The van der Waals surface area contributed by atoms with Crippen LogP contribution in [0.4, 0.5) is 0 Å². The lowest BCUT2D eigenvalue weighted by Crippen LogP contribution is -2.09. The molecule has 0 aliphatic carbocycles. The monoisotopic (exact) mass is 530 g/mol. The van der Waals surface area contributed by atoms with Gasteiger partial charge in [-0.25, -0.2) is 4.79 Å². The zero-order valence-electron chi connectivity index (χ0n) is 25.4. The second-order valence-electron chi connectivity index (χ2n) is 11.5. The molecule has 0 spiro atoms. The average Bonchev–Trinajstić information content (AvgIpc) is 2.92. The number of hydrogen-bond acceptors (Lipinski definition) is 3. The van der Waals surface area contributed by atoms with E-state index in [0.717, 1.165) is 31.2 Å². The maximum atomic E-state index is 12.7. The minimum absolute atomic E-state index is 0.233. The Balaban J connectivity index is 2.10. The van der Waals surface area contributed by atoms with E-state index >= 15 is 0 Å². The van der Waals surface area contributed by atoms with Gasteiger partial charge in [0, 0.05) is 0 Å². The van der Waals surface area contributed by atoms with E-state index in [9.17, 15) is 9.90 Å². The molecule has 1 N–H and O–H groups in total. The summed E-state index contributed by atoms with van der Waals surface area (Å²) >= 11 is 0. The van der Waals surface area contributed by atoms with Gasteiger partial charge in [-0.15, -0.1) is 0 Å². The Morgan fingerprint density at radius 1 is 0.579 bits per heavy atom. The maximum Gasteiger partial charge on any atom is 0.338 e. The number of aryl methyl sites for hydroxylation is 1. The number of phenolic OH excluding ortho intramolecular Hbond substituents is 1. The highest BCUT2D eigenvalue weighted by Crippen LogP contribution is 2.21. The third-order valence-corrected chi connectivity index (χ3v) is 7.84. The molecule has 0 atom stereocenters. The smallest absolute Gasteiger partial charge is 0.338 e. The molecule has 0 aliphatic heterocycles. The van der Waals surface area contributed by atoms with Crippen LogP contribution in [0.3, 0.4) is 0 Å². The number of unbranched alkanes of at least 4 members (excludes halogenated alkanes) is 22. The number of esters is 1. The van der Waals surface area contributed by atoms with Gasteiger partial charge in [0.1, 0.15) is 5.75 Å². The first-order chi connectivity index (χ1) is 18.7. The summed E-state index contributed by atoms with van der Waals surface area (Å²) in [6.07, 6.45) is 32.2. The van der Waals surface area contributed by atoms with E-state index in [1.54, 1.807) is 18.2 Å². The molecule has 0 fully saturated rings. The normalized spacial score (nSPS) is 11.2. The molecule has 220 valence electrons. The molecule has 0 saturated carbocycles. The lowest BCUT2D eigenvalue weighted by atomic mass is 9.99. The molecule has 1 rings (SSSR count). The molecule has 0 saturated heterocycles. The number of aromatic hydroxyl groups is 1. The average molecular weight is 531 g/mol. The van der Waals surface area contributed by atoms with Crippen molar-refractivity contribution in [2.24, 2.45) is 0 Å². The molecule has 0 radical (unpaired) electrons. The standard InChI is InChI=1S/C35H62O3/c1-3-5-7-9-11-13-15-17-19-21-23-25-27-32-31-33(36)28-29-34(32)35(37)38-30-26-24-22-20-18-16-14-12-10-8-6-4-2/h28-29,31,36H,3-27,30H2,1-2H3. The first-order valence-corrected chi connectivity index (χ1v) is 16.7. The number of ether oxygens (including phenoxy) is 1. The van der Waals surface area contributed by atoms with E-state index < -0.39 is 0 Å². The van der Waals surface area contributed by atoms with Crippen molar-refractivity contribution in [3.05, 3.63) is 29.3 Å². The Bertz CT molecular complexity index is 669. The molecule has 0 aliphatic rings. The minimum Gasteiger partial charge on any atom is -0.508 e. The molecule has 3 nitrogen and oxygen atoms in total. The molecule has 0 heterocycles. The van der Waals surface area contributed by atoms with Crippen molar-refractivity contribution < 1.29 is 14.6 Å². The van der Waals surface area contributed by atoms with Crippen molar-refractivity contribution in [1.82, 2.24) is 0 Å². The molecule has 1 aromatic rings. The van der Waals surface area contributed by atoms with E-state index in [1.165, 1.54) is 135 Å². The molecule has 0 unspecified atom stereocenters. The van der Waals surface area contributed by atoms with Gasteiger partial charge >= 0.3 is 5.97 Å². The zero-order chi connectivity index (χ0) is 27.5. The highest BCUT2D eigenvalue weighted by atomic mass is 16.5. The van der Waals surface area contributed by atoms with Gasteiger partial charge in [-0.3, -0.25) is 0 Å². The molecular weight excluding hydrogens is 468 g/mol. The summed E-state index contributed by atoms with van der Waals surface area (Å²) in [5.74, 6) is -0.00143. The fraction of sp³-hybridized carbons (Fsp3) is 0.800. The molecule has 0 amide bonds. The van der Waals surface area contributed by atoms with Crippen LogP contribution in [0.5, 0.6) is 5.75 Å². The SMILES string of the molecule is CCCCCCCCCCCCCCOC(=O)c1ccc(O)cc1CCCCCCCCCCCCCC. The van der Waals surface area contributed by atoms with E-state index in [2.05, 4.69) is 13.8 Å². The number of phenols is 1. The Hall–Kier alpha value is -1.51. The molecule has 1 aromatic carbocycles. The van der Waals surface area contributed by atoms with Gasteiger partial charge in [0.2, 0.25) is 0 Å². The van der Waals surface area contributed by atoms with Crippen LogP contribution in [0, 0.1) is 0 Å². The third-order valence-electron chi connectivity index (χ3n) is 7.84. The Labute approximate surface area is 236 Å². The predicted molar refractivity (Wildman–Crippen MR) is 164 cm³/mol. The molecular formula is C35H62O3. The predicted octanol–water partition coefficient (Wildman–Crippen LogP) is 11.5. The van der Waals surface area contributed by atoms with Crippen molar-refractivity contribution >= 4 is 5.97 Å². The maximum absolute atomic E-state index is 12.7. The Morgan fingerprint density at radius 3 is 1.42 bits per heavy atom. The number of hydrogen-bond donors (Lipinski definition) is 1. The number of rotatable bonds is 27. The van der Waals surface area contributed by atoms with Crippen LogP contribution in [0.2, 0.25) is 0 Å². The van der Waals surface area contributed by atoms with Crippen LogP contribution in [0.1, 0.15) is 184 Å². The van der Waals surface area contributed by atoms with Crippen molar-refractivity contribution in [2.45, 2.75) is 174 Å². The van der Waals surface area contributed by atoms with Gasteiger partial charge in [0.15, 0.2) is 0 Å². The first-order valence-electron chi connectivity index (χ1n) is 16.7. The summed E-state index contributed by atoms with van der Waals surface area (Å²) in [7, 11) is 0. The van der Waals surface area contributed by atoms with Crippen molar-refractivity contribution in [1.29, 1.82) is 0 Å². The van der Waals surface area contributed by atoms with E-state index in [0.29, 0.717) is 12.2 Å². The summed E-state index contributed by atoms with van der Waals surface area (Å²) in [6, 6.07) is 5.08. The molecule has 0 aromatic heterocycles. The van der Waals surface area contributed by atoms with Crippen molar-refractivity contribution in [2.75, 3.05) is 6.61 Å². The number of carbonyl (C=O) groups excluding carboxylic acids is 1. The van der Waals surface area contributed by atoms with Gasteiger partial charge < -0.3 is 9.84 Å². The summed E-state index contributed by atoms with van der Waals surface area (Å²) in [4.78, 5) is 12.7. The van der Waals surface area contributed by atoms with Crippen molar-refractivity contribution in [3.63, 3.8) is 0 Å². The van der Waals surface area contributed by atoms with Crippen LogP contribution in [-0.2, 0) is 11.2 Å². The van der Waals surface area contributed by atoms with Gasteiger partial charge in [0.25, 0.3) is 0 Å². The summed E-state index contributed by atoms with van der Waals surface area (Å²) in [5.41, 5.74) is 1.56. The molecule has 38 heavy (non-hydrogen) atoms. The van der Waals surface area contributed by atoms with Crippen LogP contribution in [0.15, 0.2) is 18.2 Å². The minimum atomic E-state index is -0.234.